The Balaban J connectivity index is 1.82. The molecule has 0 aliphatic carbocycles. The largest absolute Gasteiger partial charge is 0.287 e. The molecule has 0 aliphatic heterocycles. The van der Waals surface area contributed by atoms with Gasteiger partial charge in [0.1, 0.15) is 0 Å². The topological polar surface area (TPSA) is 17.1 Å². The maximum Gasteiger partial charge on any atom is 0.194 e. The van der Waals surface area contributed by atoms with Crippen LogP contribution in [0.3, 0.4) is 0 Å². The fraction of sp³-hybridized carbons (Fsp3) is 0.188. The van der Waals surface area contributed by atoms with Crippen molar-refractivity contribution in [3.63, 3.8) is 0 Å². The third kappa shape index (κ3) is 5.13. The first-order valence-corrected chi connectivity index (χ1v) is 7.91. The van der Waals surface area contributed by atoms with E-state index in [0.717, 1.165) is 4.90 Å². The lowest BCUT2D eigenvalue weighted by atomic mass is 10.3. The van der Waals surface area contributed by atoms with Crippen LogP contribution < -0.4 is 0 Å². The van der Waals surface area contributed by atoms with Gasteiger partial charge in [0, 0.05) is 21.5 Å². The summed E-state index contributed by atoms with van der Waals surface area (Å²) in [6.45, 7) is 2.10. The molecular weight excluding hydrogens is 272 g/mol. The summed E-state index contributed by atoms with van der Waals surface area (Å²) >= 11 is 3.08. The summed E-state index contributed by atoms with van der Waals surface area (Å²) < 4.78 is 0. The second-order valence-corrected chi connectivity index (χ2v) is 6.88. The molecule has 1 nitrogen and oxygen atoms in total. The second kappa shape index (κ2) is 7.41. The van der Waals surface area contributed by atoms with Gasteiger partial charge in [0.05, 0.1) is 0 Å². The minimum absolute atomic E-state index is 0.224. The molecule has 0 fully saturated rings. The molecule has 0 bridgehead atoms. The van der Waals surface area contributed by atoms with Crippen molar-refractivity contribution in [1.82, 2.24) is 0 Å². The quantitative estimate of drug-likeness (QED) is 0.730. The Morgan fingerprint density at radius 3 is 2.05 bits per heavy atom. The minimum atomic E-state index is 0.224. The summed E-state index contributed by atoms with van der Waals surface area (Å²) in [5.74, 6) is 0. The number of carbonyl (C=O) groups is 1. The van der Waals surface area contributed by atoms with E-state index >= 15 is 0 Å². The summed E-state index contributed by atoms with van der Waals surface area (Å²) in [5, 5.41) is 0.522. The highest BCUT2D eigenvalue weighted by molar-refractivity contribution is 8.13. The van der Waals surface area contributed by atoms with E-state index in [1.54, 1.807) is 11.8 Å². The highest BCUT2D eigenvalue weighted by Gasteiger charge is 2.11. The van der Waals surface area contributed by atoms with Crippen molar-refractivity contribution >= 4 is 28.6 Å². The zero-order chi connectivity index (χ0) is 13.5. The van der Waals surface area contributed by atoms with Crippen molar-refractivity contribution < 1.29 is 4.79 Å². The van der Waals surface area contributed by atoms with E-state index in [4.69, 9.17) is 0 Å². The van der Waals surface area contributed by atoms with E-state index < -0.39 is 0 Å². The van der Waals surface area contributed by atoms with Gasteiger partial charge in [-0.15, -0.1) is 11.8 Å². The molecule has 1 atom stereocenters. The van der Waals surface area contributed by atoms with Crippen molar-refractivity contribution in [1.29, 1.82) is 0 Å². The molecular formula is C16H16OS2. The molecule has 0 spiro atoms. The molecule has 98 valence electrons. The predicted octanol–water partition coefficient (Wildman–Crippen LogP) is 4.88. The van der Waals surface area contributed by atoms with Gasteiger partial charge in [-0.05, 0) is 24.3 Å². The highest BCUT2D eigenvalue weighted by atomic mass is 32.2. The van der Waals surface area contributed by atoms with Crippen LogP contribution in [0.4, 0.5) is 0 Å². The molecule has 3 heteroatoms. The molecule has 0 amide bonds. The van der Waals surface area contributed by atoms with Gasteiger partial charge in [-0.3, -0.25) is 4.79 Å². The van der Waals surface area contributed by atoms with Crippen LogP contribution in [0.5, 0.6) is 0 Å². The van der Waals surface area contributed by atoms with Crippen LogP contribution in [0.15, 0.2) is 70.5 Å². The third-order valence-electron chi connectivity index (χ3n) is 2.51. The van der Waals surface area contributed by atoms with Gasteiger partial charge in [0.2, 0.25) is 0 Å². The van der Waals surface area contributed by atoms with Crippen LogP contribution in [-0.4, -0.2) is 10.4 Å². The molecule has 0 saturated heterocycles. The van der Waals surface area contributed by atoms with Crippen LogP contribution in [0.2, 0.25) is 0 Å². The molecule has 0 radical (unpaired) electrons. The molecule has 0 saturated carbocycles. The van der Waals surface area contributed by atoms with E-state index in [1.165, 1.54) is 16.7 Å². The van der Waals surface area contributed by atoms with Crippen LogP contribution in [-0.2, 0) is 4.79 Å². The zero-order valence-corrected chi connectivity index (χ0v) is 12.4. The minimum Gasteiger partial charge on any atom is -0.287 e. The van der Waals surface area contributed by atoms with E-state index in [1.807, 2.05) is 48.5 Å². The molecule has 2 aromatic rings. The van der Waals surface area contributed by atoms with E-state index in [9.17, 15) is 4.79 Å². The zero-order valence-electron chi connectivity index (χ0n) is 10.8. The molecule has 0 heterocycles. The van der Waals surface area contributed by atoms with Crippen molar-refractivity contribution in [2.45, 2.75) is 28.4 Å². The fourth-order valence-corrected chi connectivity index (χ4v) is 3.68. The van der Waals surface area contributed by atoms with E-state index in [0.29, 0.717) is 11.7 Å². The average molecular weight is 288 g/mol. The Kier molecular flexibility index (Phi) is 5.55. The Hall–Kier alpha value is -1.19. The lowest BCUT2D eigenvalue weighted by Gasteiger charge is -2.09. The lowest BCUT2D eigenvalue weighted by Crippen LogP contribution is -2.03. The van der Waals surface area contributed by atoms with Gasteiger partial charge < -0.3 is 0 Å². The molecule has 2 aromatic carbocycles. The highest BCUT2D eigenvalue weighted by Crippen LogP contribution is 2.28. The van der Waals surface area contributed by atoms with Gasteiger partial charge in [0.15, 0.2) is 5.12 Å². The van der Waals surface area contributed by atoms with E-state index in [2.05, 4.69) is 19.1 Å². The number of hydrogen-bond donors (Lipinski definition) is 0. The summed E-state index contributed by atoms with van der Waals surface area (Å²) in [6, 6.07) is 20.0. The fourth-order valence-electron chi connectivity index (χ4n) is 1.67. The number of thioether (sulfide) groups is 2. The van der Waals surface area contributed by atoms with Gasteiger partial charge >= 0.3 is 0 Å². The molecule has 0 aliphatic rings. The van der Waals surface area contributed by atoms with Gasteiger partial charge in [-0.25, -0.2) is 0 Å². The number of rotatable bonds is 5. The van der Waals surface area contributed by atoms with Crippen molar-refractivity contribution in [3.05, 3.63) is 60.7 Å². The van der Waals surface area contributed by atoms with Gasteiger partial charge in [0.25, 0.3) is 0 Å². The molecule has 0 aromatic heterocycles. The number of carbonyl (C=O) groups excluding carboxylic acids is 1. The first-order valence-electron chi connectivity index (χ1n) is 6.21. The van der Waals surface area contributed by atoms with Gasteiger partial charge in [-0.2, -0.15) is 0 Å². The van der Waals surface area contributed by atoms with E-state index in [-0.39, 0.29) is 5.12 Å². The first-order chi connectivity index (χ1) is 9.24. The van der Waals surface area contributed by atoms with Crippen LogP contribution >= 0.6 is 23.5 Å². The Morgan fingerprint density at radius 1 is 0.947 bits per heavy atom. The Bertz CT molecular complexity index is 511. The molecule has 0 unspecified atom stereocenters. The Morgan fingerprint density at radius 2 is 1.47 bits per heavy atom. The third-order valence-corrected chi connectivity index (χ3v) is 4.53. The van der Waals surface area contributed by atoms with Crippen LogP contribution in [0, 0.1) is 0 Å². The Labute approximate surface area is 122 Å². The molecule has 0 N–H and O–H groups in total. The first kappa shape index (κ1) is 14.2. The van der Waals surface area contributed by atoms with Gasteiger partial charge in [-0.1, -0.05) is 55.1 Å². The smallest absolute Gasteiger partial charge is 0.194 e. The average Bonchev–Trinajstić information content (AvgIpc) is 2.40. The number of hydrogen-bond acceptors (Lipinski definition) is 3. The SMILES string of the molecule is C[C@@H](CC(=O)Sc1ccccc1)Sc1ccccc1. The lowest BCUT2D eigenvalue weighted by molar-refractivity contribution is -0.110. The second-order valence-electron chi connectivity index (χ2n) is 4.23. The summed E-state index contributed by atoms with van der Waals surface area (Å²) in [6.07, 6.45) is 0.582. The monoisotopic (exact) mass is 288 g/mol. The van der Waals surface area contributed by atoms with Crippen LogP contribution in [0.1, 0.15) is 13.3 Å². The maximum atomic E-state index is 12.0. The summed E-state index contributed by atoms with van der Waals surface area (Å²) in [7, 11) is 0. The standard InChI is InChI=1S/C16H16OS2/c1-13(18-14-8-4-2-5-9-14)12-16(17)19-15-10-6-3-7-11-15/h2-11,13H,12H2,1H3/t13-/m0/s1. The molecule has 2 rings (SSSR count). The van der Waals surface area contributed by atoms with Crippen molar-refractivity contribution in [3.8, 4) is 0 Å². The van der Waals surface area contributed by atoms with Crippen molar-refractivity contribution in [2.75, 3.05) is 0 Å². The molecule has 19 heavy (non-hydrogen) atoms. The van der Waals surface area contributed by atoms with Crippen LogP contribution in [0.25, 0.3) is 0 Å². The summed E-state index contributed by atoms with van der Waals surface area (Å²) in [5.41, 5.74) is 0. The normalized spacial score (nSPS) is 12.1. The summed E-state index contributed by atoms with van der Waals surface area (Å²) in [4.78, 5) is 14.2. The maximum absolute atomic E-state index is 12.0. The predicted molar refractivity (Wildman–Crippen MR) is 83.7 cm³/mol. The van der Waals surface area contributed by atoms with Crippen molar-refractivity contribution in [2.24, 2.45) is 0 Å². The number of benzene rings is 2.